The molecule has 0 spiro atoms. The van der Waals surface area contributed by atoms with Gasteiger partial charge in [-0.2, -0.15) is 0 Å². The van der Waals surface area contributed by atoms with Gasteiger partial charge in [0.15, 0.2) is 0 Å². The summed E-state index contributed by atoms with van der Waals surface area (Å²) in [6, 6.07) is 14.9. The van der Waals surface area contributed by atoms with Crippen molar-refractivity contribution in [2.24, 2.45) is 5.92 Å². The lowest BCUT2D eigenvalue weighted by atomic mass is 10.1. The second kappa shape index (κ2) is 5.49. The number of fused-ring (bicyclic) bond motifs is 1. The van der Waals surface area contributed by atoms with Crippen LogP contribution in [0.4, 0.5) is 0 Å². The molecule has 0 radical (unpaired) electrons. The van der Waals surface area contributed by atoms with E-state index in [-0.39, 0.29) is 5.91 Å². The Kier molecular flexibility index (Phi) is 3.55. The molecular weight excluding hydrogens is 246 g/mol. The first-order chi connectivity index (χ1) is 9.76. The summed E-state index contributed by atoms with van der Waals surface area (Å²) >= 11 is 0. The normalized spacial score (nSPS) is 18.7. The van der Waals surface area contributed by atoms with Crippen LogP contribution in [-0.2, 0) is 11.2 Å². The molecule has 0 saturated carbocycles. The SMILES string of the molecule is C=CC1CC(=O)N(CCc2ccc3ccccc3c2)C1. The predicted octanol–water partition coefficient (Wildman–Crippen LogP) is 3.42. The van der Waals surface area contributed by atoms with Gasteiger partial charge in [-0.05, 0) is 22.8 Å². The number of hydrogen-bond acceptors (Lipinski definition) is 1. The monoisotopic (exact) mass is 265 g/mol. The van der Waals surface area contributed by atoms with Crippen molar-refractivity contribution in [2.45, 2.75) is 12.8 Å². The molecular formula is C18H19NO. The van der Waals surface area contributed by atoms with Gasteiger partial charge >= 0.3 is 0 Å². The highest BCUT2D eigenvalue weighted by Gasteiger charge is 2.26. The van der Waals surface area contributed by atoms with Crippen molar-refractivity contribution in [3.05, 3.63) is 60.7 Å². The maximum absolute atomic E-state index is 11.9. The highest BCUT2D eigenvalue weighted by molar-refractivity contribution is 5.83. The van der Waals surface area contributed by atoms with Crippen molar-refractivity contribution in [3.63, 3.8) is 0 Å². The lowest BCUT2D eigenvalue weighted by Crippen LogP contribution is -2.27. The van der Waals surface area contributed by atoms with Gasteiger partial charge in [0.2, 0.25) is 5.91 Å². The summed E-state index contributed by atoms with van der Waals surface area (Å²) in [6.07, 6.45) is 3.44. The van der Waals surface area contributed by atoms with Crippen molar-refractivity contribution < 1.29 is 4.79 Å². The molecule has 0 aliphatic carbocycles. The molecule has 2 nitrogen and oxygen atoms in total. The van der Waals surface area contributed by atoms with Crippen LogP contribution in [0.5, 0.6) is 0 Å². The van der Waals surface area contributed by atoms with Crippen LogP contribution in [0.1, 0.15) is 12.0 Å². The standard InChI is InChI=1S/C18H19NO/c1-2-14-12-18(20)19(13-14)10-9-15-7-8-16-5-3-4-6-17(16)11-15/h2-8,11,14H,1,9-10,12-13H2. The molecule has 2 heteroatoms. The number of carbonyl (C=O) groups excluding carboxylic acids is 1. The van der Waals surface area contributed by atoms with E-state index in [1.807, 2.05) is 11.0 Å². The summed E-state index contributed by atoms with van der Waals surface area (Å²) in [7, 11) is 0. The van der Waals surface area contributed by atoms with Gasteiger partial charge in [-0.25, -0.2) is 0 Å². The number of hydrogen-bond donors (Lipinski definition) is 0. The van der Waals surface area contributed by atoms with E-state index in [2.05, 4.69) is 49.0 Å². The minimum atomic E-state index is 0.260. The molecule has 20 heavy (non-hydrogen) atoms. The van der Waals surface area contributed by atoms with Crippen LogP contribution in [0.15, 0.2) is 55.1 Å². The lowest BCUT2D eigenvalue weighted by Gasteiger charge is -2.16. The van der Waals surface area contributed by atoms with Gasteiger partial charge in [0.1, 0.15) is 0 Å². The Morgan fingerprint density at radius 3 is 2.75 bits per heavy atom. The Morgan fingerprint density at radius 2 is 2.00 bits per heavy atom. The molecule has 2 aromatic carbocycles. The van der Waals surface area contributed by atoms with Crippen molar-refractivity contribution in [3.8, 4) is 0 Å². The van der Waals surface area contributed by atoms with E-state index in [9.17, 15) is 4.79 Å². The Hall–Kier alpha value is -2.09. The molecule has 1 heterocycles. The van der Waals surface area contributed by atoms with Gasteiger partial charge in [0, 0.05) is 25.4 Å². The van der Waals surface area contributed by atoms with Crippen LogP contribution in [0, 0.1) is 5.92 Å². The molecule has 1 aliphatic rings. The van der Waals surface area contributed by atoms with Crippen molar-refractivity contribution in [1.82, 2.24) is 4.90 Å². The van der Waals surface area contributed by atoms with E-state index in [4.69, 9.17) is 0 Å². The summed E-state index contributed by atoms with van der Waals surface area (Å²) in [5.74, 6) is 0.592. The third-order valence-corrected chi connectivity index (χ3v) is 4.06. The van der Waals surface area contributed by atoms with Crippen LogP contribution in [0.2, 0.25) is 0 Å². The summed E-state index contributed by atoms with van der Waals surface area (Å²) < 4.78 is 0. The molecule has 102 valence electrons. The smallest absolute Gasteiger partial charge is 0.223 e. The lowest BCUT2D eigenvalue weighted by molar-refractivity contribution is -0.127. The molecule has 1 unspecified atom stereocenters. The fraction of sp³-hybridized carbons (Fsp3) is 0.278. The average Bonchev–Trinajstić information content (AvgIpc) is 2.85. The first kappa shape index (κ1) is 12.9. The van der Waals surface area contributed by atoms with Gasteiger partial charge < -0.3 is 4.90 Å². The Morgan fingerprint density at radius 1 is 1.20 bits per heavy atom. The molecule has 0 bridgehead atoms. The van der Waals surface area contributed by atoms with Crippen LogP contribution in [0.3, 0.4) is 0 Å². The quantitative estimate of drug-likeness (QED) is 0.776. The van der Waals surface area contributed by atoms with E-state index in [0.717, 1.165) is 19.5 Å². The molecule has 2 aromatic rings. The number of benzene rings is 2. The number of carbonyl (C=O) groups is 1. The van der Waals surface area contributed by atoms with E-state index in [1.165, 1.54) is 16.3 Å². The van der Waals surface area contributed by atoms with Crippen LogP contribution in [-0.4, -0.2) is 23.9 Å². The zero-order valence-corrected chi connectivity index (χ0v) is 11.6. The average molecular weight is 265 g/mol. The molecule has 1 atom stereocenters. The third kappa shape index (κ3) is 2.60. The second-order valence-corrected chi connectivity index (χ2v) is 5.47. The van der Waals surface area contributed by atoms with Gasteiger partial charge in [-0.1, -0.05) is 48.5 Å². The first-order valence-electron chi connectivity index (χ1n) is 7.14. The fourth-order valence-electron chi connectivity index (χ4n) is 2.84. The topological polar surface area (TPSA) is 20.3 Å². The van der Waals surface area contributed by atoms with Gasteiger partial charge in [-0.3, -0.25) is 4.79 Å². The molecule has 1 aliphatic heterocycles. The zero-order valence-electron chi connectivity index (χ0n) is 11.6. The summed E-state index contributed by atoms with van der Waals surface area (Å²) in [5.41, 5.74) is 1.29. The molecule has 3 rings (SSSR count). The third-order valence-electron chi connectivity index (χ3n) is 4.06. The summed E-state index contributed by atoms with van der Waals surface area (Å²) in [4.78, 5) is 13.8. The first-order valence-corrected chi connectivity index (χ1v) is 7.14. The van der Waals surface area contributed by atoms with E-state index in [0.29, 0.717) is 12.3 Å². The highest BCUT2D eigenvalue weighted by atomic mass is 16.2. The largest absolute Gasteiger partial charge is 0.342 e. The second-order valence-electron chi connectivity index (χ2n) is 5.47. The van der Waals surface area contributed by atoms with Crippen molar-refractivity contribution in [2.75, 3.05) is 13.1 Å². The van der Waals surface area contributed by atoms with Gasteiger partial charge in [0.05, 0.1) is 0 Å². The highest BCUT2D eigenvalue weighted by Crippen LogP contribution is 2.20. The maximum atomic E-state index is 11.9. The van der Waals surface area contributed by atoms with Gasteiger partial charge in [-0.15, -0.1) is 6.58 Å². The Bertz CT molecular complexity index is 647. The number of likely N-dealkylation sites (tertiary alicyclic amines) is 1. The van der Waals surface area contributed by atoms with Crippen LogP contribution >= 0.6 is 0 Å². The van der Waals surface area contributed by atoms with Crippen molar-refractivity contribution in [1.29, 1.82) is 0 Å². The predicted molar refractivity (Wildman–Crippen MR) is 82.5 cm³/mol. The van der Waals surface area contributed by atoms with Crippen LogP contribution in [0.25, 0.3) is 10.8 Å². The number of amides is 1. The Balaban J connectivity index is 1.68. The molecule has 1 fully saturated rings. The summed E-state index contributed by atoms with van der Waals surface area (Å²) in [5, 5.41) is 2.53. The Labute approximate surface area is 119 Å². The molecule has 0 aromatic heterocycles. The number of rotatable bonds is 4. The summed E-state index contributed by atoms with van der Waals surface area (Å²) in [6.45, 7) is 5.42. The van der Waals surface area contributed by atoms with E-state index >= 15 is 0 Å². The molecule has 1 saturated heterocycles. The van der Waals surface area contributed by atoms with Gasteiger partial charge in [0.25, 0.3) is 0 Å². The van der Waals surface area contributed by atoms with E-state index < -0.39 is 0 Å². The minimum Gasteiger partial charge on any atom is -0.342 e. The van der Waals surface area contributed by atoms with Crippen LogP contribution < -0.4 is 0 Å². The fourth-order valence-corrected chi connectivity index (χ4v) is 2.84. The molecule has 1 amide bonds. The van der Waals surface area contributed by atoms with E-state index in [1.54, 1.807) is 0 Å². The van der Waals surface area contributed by atoms with Crippen molar-refractivity contribution >= 4 is 16.7 Å². The maximum Gasteiger partial charge on any atom is 0.223 e. The molecule has 0 N–H and O–H groups in total. The minimum absolute atomic E-state index is 0.260. The number of nitrogens with zero attached hydrogens (tertiary/aromatic N) is 1. The zero-order chi connectivity index (χ0) is 13.9.